The van der Waals surface area contributed by atoms with Crippen LogP contribution in [0.1, 0.15) is 50.6 Å². The first-order chi connectivity index (χ1) is 13.6. The molecule has 0 saturated heterocycles. The number of nitrogens with one attached hydrogen (secondary N) is 3. The normalized spacial score (nSPS) is 15.1. The maximum absolute atomic E-state index is 14.6. The monoisotopic (exact) mass is 385 g/mol. The summed E-state index contributed by atoms with van der Waals surface area (Å²) >= 11 is 0. The van der Waals surface area contributed by atoms with E-state index < -0.39 is 11.7 Å². The van der Waals surface area contributed by atoms with E-state index in [4.69, 9.17) is 9.94 Å². The maximum atomic E-state index is 14.6. The zero-order chi connectivity index (χ0) is 19.7. The summed E-state index contributed by atoms with van der Waals surface area (Å²) in [6.07, 6.45) is 2.15. The third kappa shape index (κ3) is 3.69. The zero-order valence-electron chi connectivity index (χ0n) is 15.0. The molecular formula is C20H20FN3O4. The lowest BCUT2D eigenvalue weighted by Gasteiger charge is -2.15. The number of fused-ring (bicyclic) bond motifs is 1. The third-order valence-corrected chi connectivity index (χ3v) is 4.84. The van der Waals surface area contributed by atoms with Gasteiger partial charge in [0.15, 0.2) is 0 Å². The van der Waals surface area contributed by atoms with E-state index in [9.17, 15) is 14.0 Å². The van der Waals surface area contributed by atoms with Crippen molar-refractivity contribution < 1.29 is 23.9 Å². The van der Waals surface area contributed by atoms with Crippen LogP contribution in [-0.4, -0.2) is 30.1 Å². The highest BCUT2D eigenvalue weighted by molar-refractivity contribution is 6.05. The van der Waals surface area contributed by atoms with Crippen LogP contribution in [-0.2, 0) is 11.4 Å². The largest absolute Gasteiger partial charge is 0.394 e. The predicted molar refractivity (Wildman–Crippen MR) is 99.8 cm³/mol. The fourth-order valence-corrected chi connectivity index (χ4v) is 3.23. The van der Waals surface area contributed by atoms with Crippen LogP contribution in [0.2, 0.25) is 0 Å². The van der Waals surface area contributed by atoms with Crippen LogP contribution in [0.15, 0.2) is 30.3 Å². The molecule has 1 aliphatic heterocycles. The SMILES string of the molecule is O=C1NCc2cc(C(=O)NOCCO)c(Nc3ccc(C4CC4)cc3F)cc21. The molecular weight excluding hydrogens is 365 g/mol. The Morgan fingerprint density at radius 3 is 2.79 bits per heavy atom. The van der Waals surface area contributed by atoms with E-state index in [1.165, 1.54) is 12.1 Å². The molecule has 8 heteroatoms. The van der Waals surface area contributed by atoms with Crippen LogP contribution in [0.5, 0.6) is 0 Å². The smallest absolute Gasteiger partial charge is 0.276 e. The van der Waals surface area contributed by atoms with Gasteiger partial charge in [-0.3, -0.25) is 14.4 Å². The summed E-state index contributed by atoms with van der Waals surface area (Å²) in [5, 5.41) is 14.4. The average molecular weight is 385 g/mol. The number of anilines is 2. The molecule has 1 heterocycles. The van der Waals surface area contributed by atoms with Gasteiger partial charge in [0.25, 0.3) is 11.8 Å². The Hall–Kier alpha value is -2.97. The highest BCUT2D eigenvalue weighted by Gasteiger charge is 2.26. The van der Waals surface area contributed by atoms with Gasteiger partial charge in [-0.15, -0.1) is 0 Å². The quantitative estimate of drug-likeness (QED) is 0.433. The van der Waals surface area contributed by atoms with Crippen LogP contribution in [0.25, 0.3) is 0 Å². The Bertz CT molecular complexity index is 943. The van der Waals surface area contributed by atoms with Crippen molar-refractivity contribution in [2.24, 2.45) is 0 Å². The van der Waals surface area contributed by atoms with Gasteiger partial charge in [-0.05, 0) is 54.2 Å². The molecule has 0 unspecified atom stereocenters. The molecule has 4 N–H and O–H groups in total. The molecule has 2 aliphatic rings. The lowest BCUT2D eigenvalue weighted by molar-refractivity contribution is 0.0169. The molecule has 2 aromatic rings. The molecule has 1 aliphatic carbocycles. The van der Waals surface area contributed by atoms with E-state index in [1.54, 1.807) is 12.1 Å². The fraction of sp³-hybridized carbons (Fsp3) is 0.300. The minimum absolute atomic E-state index is 0.0588. The van der Waals surface area contributed by atoms with Crippen molar-refractivity contribution >= 4 is 23.2 Å². The average Bonchev–Trinajstić information content (AvgIpc) is 3.47. The van der Waals surface area contributed by atoms with Gasteiger partial charge in [0, 0.05) is 12.1 Å². The summed E-state index contributed by atoms with van der Waals surface area (Å²) in [5.74, 6) is -0.798. The highest BCUT2D eigenvalue weighted by Crippen LogP contribution is 2.41. The minimum Gasteiger partial charge on any atom is -0.394 e. The third-order valence-electron chi connectivity index (χ3n) is 4.84. The van der Waals surface area contributed by atoms with Crippen molar-refractivity contribution in [1.82, 2.24) is 10.8 Å². The number of hydrogen-bond donors (Lipinski definition) is 4. The van der Waals surface area contributed by atoms with Crippen molar-refractivity contribution in [3.8, 4) is 0 Å². The maximum Gasteiger partial charge on any atom is 0.276 e. The van der Waals surface area contributed by atoms with Gasteiger partial charge in [-0.25, -0.2) is 9.87 Å². The second-order valence-electron chi connectivity index (χ2n) is 6.88. The molecule has 1 fully saturated rings. The van der Waals surface area contributed by atoms with Gasteiger partial charge in [-0.2, -0.15) is 0 Å². The first-order valence-electron chi connectivity index (χ1n) is 9.11. The number of carbonyl (C=O) groups excluding carboxylic acids is 2. The van der Waals surface area contributed by atoms with E-state index >= 15 is 0 Å². The van der Waals surface area contributed by atoms with Crippen molar-refractivity contribution in [2.75, 3.05) is 18.5 Å². The number of amides is 2. The van der Waals surface area contributed by atoms with Crippen molar-refractivity contribution in [2.45, 2.75) is 25.3 Å². The molecule has 146 valence electrons. The fourth-order valence-electron chi connectivity index (χ4n) is 3.23. The molecule has 4 rings (SSSR count). The summed E-state index contributed by atoms with van der Waals surface area (Å²) in [5.41, 5.74) is 5.02. The van der Waals surface area contributed by atoms with Crippen LogP contribution in [0, 0.1) is 5.82 Å². The number of aliphatic hydroxyl groups excluding tert-OH is 1. The van der Waals surface area contributed by atoms with Crippen molar-refractivity contribution in [3.05, 3.63) is 58.4 Å². The summed E-state index contributed by atoms with van der Waals surface area (Å²) in [4.78, 5) is 29.4. The van der Waals surface area contributed by atoms with Gasteiger partial charge in [0.1, 0.15) is 5.82 Å². The molecule has 1 saturated carbocycles. The van der Waals surface area contributed by atoms with Gasteiger partial charge >= 0.3 is 0 Å². The second kappa shape index (κ2) is 7.57. The van der Waals surface area contributed by atoms with Crippen LogP contribution in [0.4, 0.5) is 15.8 Å². The molecule has 7 nitrogen and oxygen atoms in total. The molecule has 0 radical (unpaired) electrons. The first-order valence-corrected chi connectivity index (χ1v) is 9.11. The molecule has 2 aromatic carbocycles. The Kier molecular flexibility index (Phi) is 4.97. The Morgan fingerprint density at radius 1 is 1.25 bits per heavy atom. The van der Waals surface area contributed by atoms with E-state index in [0.717, 1.165) is 18.4 Å². The van der Waals surface area contributed by atoms with E-state index in [2.05, 4.69) is 16.1 Å². The lowest BCUT2D eigenvalue weighted by atomic mass is 10.0. The first kappa shape index (κ1) is 18.4. The standard InChI is InChI=1S/C20H20FN3O4/c21-16-8-12(11-1-2-11)3-4-17(16)23-18-9-14-13(10-22-19(14)26)7-15(18)20(27)24-28-6-5-25/h3-4,7-9,11,23,25H,1-2,5-6,10H2,(H,22,26)(H,24,27). The number of hydroxylamine groups is 1. The summed E-state index contributed by atoms with van der Waals surface area (Å²) < 4.78 is 14.6. The highest BCUT2D eigenvalue weighted by atomic mass is 19.1. The van der Waals surface area contributed by atoms with Gasteiger partial charge < -0.3 is 15.7 Å². The van der Waals surface area contributed by atoms with Crippen molar-refractivity contribution in [3.63, 3.8) is 0 Å². The van der Waals surface area contributed by atoms with Crippen LogP contribution < -0.4 is 16.1 Å². The van der Waals surface area contributed by atoms with Gasteiger partial charge in [-0.1, -0.05) is 6.07 Å². The lowest BCUT2D eigenvalue weighted by Crippen LogP contribution is -2.26. The molecule has 0 bridgehead atoms. The number of carbonyl (C=O) groups is 2. The Balaban J connectivity index is 1.65. The molecule has 28 heavy (non-hydrogen) atoms. The minimum atomic E-state index is -0.562. The number of rotatable bonds is 7. The summed E-state index contributed by atoms with van der Waals surface area (Å²) in [7, 11) is 0. The van der Waals surface area contributed by atoms with Crippen LogP contribution >= 0.6 is 0 Å². The van der Waals surface area contributed by atoms with Crippen molar-refractivity contribution in [1.29, 1.82) is 0 Å². The summed E-state index contributed by atoms with van der Waals surface area (Å²) in [6, 6.07) is 8.12. The van der Waals surface area contributed by atoms with E-state index in [-0.39, 0.29) is 30.4 Å². The topological polar surface area (TPSA) is 99.7 Å². The number of hydrogen-bond acceptors (Lipinski definition) is 5. The Morgan fingerprint density at radius 2 is 2.07 bits per heavy atom. The number of benzene rings is 2. The number of halogens is 1. The molecule has 0 aromatic heterocycles. The summed E-state index contributed by atoms with van der Waals surface area (Å²) in [6.45, 7) is 0.0139. The molecule has 2 amide bonds. The number of aliphatic hydroxyl groups is 1. The second-order valence-corrected chi connectivity index (χ2v) is 6.88. The van der Waals surface area contributed by atoms with Crippen LogP contribution in [0.3, 0.4) is 0 Å². The van der Waals surface area contributed by atoms with E-state index in [0.29, 0.717) is 29.3 Å². The molecule has 0 atom stereocenters. The Labute approximate surface area is 160 Å². The zero-order valence-corrected chi connectivity index (χ0v) is 15.0. The van der Waals surface area contributed by atoms with Gasteiger partial charge in [0.05, 0.1) is 30.2 Å². The van der Waals surface area contributed by atoms with E-state index in [1.807, 2.05) is 6.07 Å². The van der Waals surface area contributed by atoms with Gasteiger partial charge in [0.2, 0.25) is 0 Å². The predicted octanol–water partition coefficient (Wildman–Crippen LogP) is 2.34. The molecule has 0 spiro atoms.